The summed E-state index contributed by atoms with van der Waals surface area (Å²) >= 11 is 6.15. The van der Waals surface area contributed by atoms with Gasteiger partial charge in [-0.05, 0) is 55.0 Å². The fourth-order valence-corrected chi connectivity index (χ4v) is 2.40. The zero-order valence-corrected chi connectivity index (χ0v) is 11.1. The van der Waals surface area contributed by atoms with Crippen LogP contribution in [0.4, 0.5) is 4.39 Å². The van der Waals surface area contributed by atoms with Crippen molar-refractivity contribution in [1.29, 1.82) is 0 Å². The summed E-state index contributed by atoms with van der Waals surface area (Å²) in [6.45, 7) is 5.19. The van der Waals surface area contributed by atoms with Gasteiger partial charge in [0.15, 0.2) is 0 Å². The molecule has 0 aromatic heterocycles. The Labute approximate surface area is 107 Å². The van der Waals surface area contributed by atoms with Gasteiger partial charge in [0.2, 0.25) is 0 Å². The second-order valence-electron chi connectivity index (χ2n) is 5.49. The van der Waals surface area contributed by atoms with E-state index in [0.29, 0.717) is 11.1 Å². The van der Waals surface area contributed by atoms with Crippen LogP contribution in [0.15, 0.2) is 18.2 Å². The first-order chi connectivity index (χ1) is 7.99. The summed E-state index contributed by atoms with van der Waals surface area (Å²) in [5.74, 6) is -0.215. The molecule has 1 saturated carbocycles. The third kappa shape index (κ3) is 3.43. The third-order valence-electron chi connectivity index (χ3n) is 3.42. The molecule has 1 fully saturated rings. The van der Waals surface area contributed by atoms with Crippen LogP contribution in [0.5, 0.6) is 0 Å². The first-order valence-corrected chi connectivity index (χ1v) is 6.56. The number of benzene rings is 1. The summed E-state index contributed by atoms with van der Waals surface area (Å²) in [6.07, 6.45) is 3.55. The molecular formula is C14H19ClFN. The van der Waals surface area contributed by atoms with Crippen LogP contribution in [0, 0.1) is 5.82 Å². The summed E-state index contributed by atoms with van der Waals surface area (Å²) < 4.78 is 13.3. The van der Waals surface area contributed by atoms with Gasteiger partial charge in [0.25, 0.3) is 0 Å². The van der Waals surface area contributed by atoms with E-state index in [9.17, 15) is 4.39 Å². The molecule has 3 heteroatoms. The Bertz CT molecular complexity index is 399. The second kappa shape index (κ2) is 4.95. The highest BCUT2D eigenvalue weighted by Gasteiger charge is 2.25. The van der Waals surface area contributed by atoms with Crippen molar-refractivity contribution in [3.8, 4) is 0 Å². The fourth-order valence-electron chi connectivity index (χ4n) is 2.03. The lowest BCUT2D eigenvalue weighted by Crippen LogP contribution is -2.27. The van der Waals surface area contributed by atoms with Crippen molar-refractivity contribution in [2.75, 3.05) is 6.54 Å². The number of hydrogen-bond donors (Lipinski definition) is 1. The first kappa shape index (κ1) is 12.8. The molecule has 0 unspecified atom stereocenters. The maximum absolute atomic E-state index is 13.3. The van der Waals surface area contributed by atoms with Gasteiger partial charge in [-0.2, -0.15) is 0 Å². The van der Waals surface area contributed by atoms with Gasteiger partial charge in [0, 0.05) is 11.1 Å². The van der Waals surface area contributed by atoms with Crippen LogP contribution in [0.2, 0.25) is 5.02 Å². The Morgan fingerprint density at radius 2 is 2.12 bits per heavy atom. The minimum absolute atomic E-state index is 0.0962. The van der Waals surface area contributed by atoms with Crippen LogP contribution in [0.25, 0.3) is 0 Å². The highest BCUT2D eigenvalue weighted by atomic mass is 35.5. The van der Waals surface area contributed by atoms with E-state index in [4.69, 9.17) is 11.6 Å². The molecule has 0 aliphatic heterocycles. The van der Waals surface area contributed by atoms with Gasteiger partial charge in [0.1, 0.15) is 5.82 Å². The zero-order valence-electron chi connectivity index (χ0n) is 10.4. The number of hydrogen-bond acceptors (Lipinski definition) is 1. The van der Waals surface area contributed by atoms with Crippen LogP contribution in [0.3, 0.4) is 0 Å². The Hall–Kier alpha value is -0.600. The highest BCUT2D eigenvalue weighted by molar-refractivity contribution is 6.31. The Balaban J connectivity index is 2.03. The zero-order chi connectivity index (χ0) is 12.5. The monoisotopic (exact) mass is 255 g/mol. The maximum atomic E-state index is 13.3. The molecule has 2 rings (SSSR count). The maximum Gasteiger partial charge on any atom is 0.123 e. The van der Waals surface area contributed by atoms with Crippen LogP contribution in [0.1, 0.15) is 38.7 Å². The standard InChI is InChI=1S/C14H19ClFN/c1-14(2,7-8-17-11-4-5-11)12-9-10(16)3-6-13(12)15/h3,6,9,11,17H,4-5,7-8H2,1-2H3. The molecule has 1 aliphatic rings. The predicted molar refractivity (Wildman–Crippen MR) is 70.1 cm³/mol. The second-order valence-corrected chi connectivity index (χ2v) is 5.89. The molecule has 0 atom stereocenters. The van der Waals surface area contributed by atoms with E-state index in [1.807, 2.05) is 0 Å². The molecule has 0 heterocycles. The average molecular weight is 256 g/mol. The lowest BCUT2D eigenvalue weighted by molar-refractivity contribution is 0.453. The molecule has 1 aromatic rings. The molecule has 1 nitrogen and oxygen atoms in total. The molecule has 94 valence electrons. The lowest BCUT2D eigenvalue weighted by atomic mass is 9.81. The van der Waals surface area contributed by atoms with Crippen molar-refractivity contribution < 1.29 is 4.39 Å². The number of nitrogens with one attached hydrogen (secondary N) is 1. The molecule has 0 saturated heterocycles. The summed E-state index contributed by atoms with van der Waals surface area (Å²) in [7, 11) is 0. The van der Waals surface area contributed by atoms with Gasteiger partial charge in [-0.3, -0.25) is 0 Å². The van der Waals surface area contributed by atoms with E-state index in [-0.39, 0.29) is 11.2 Å². The van der Waals surface area contributed by atoms with Crippen LogP contribution in [-0.2, 0) is 5.41 Å². The number of rotatable bonds is 5. The third-order valence-corrected chi connectivity index (χ3v) is 3.75. The molecular weight excluding hydrogens is 237 g/mol. The fraction of sp³-hybridized carbons (Fsp3) is 0.571. The first-order valence-electron chi connectivity index (χ1n) is 6.18. The van der Waals surface area contributed by atoms with Crippen molar-refractivity contribution >= 4 is 11.6 Å². The quantitative estimate of drug-likeness (QED) is 0.842. The highest BCUT2D eigenvalue weighted by Crippen LogP contribution is 2.33. The van der Waals surface area contributed by atoms with Gasteiger partial charge in [-0.25, -0.2) is 4.39 Å². The molecule has 0 spiro atoms. The van der Waals surface area contributed by atoms with Crippen molar-refractivity contribution in [3.05, 3.63) is 34.6 Å². The minimum atomic E-state index is -0.215. The molecule has 1 aromatic carbocycles. The SMILES string of the molecule is CC(C)(CCNC1CC1)c1cc(F)ccc1Cl. The van der Waals surface area contributed by atoms with E-state index in [1.54, 1.807) is 12.1 Å². The van der Waals surface area contributed by atoms with Gasteiger partial charge in [0.05, 0.1) is 0 Å². The van der Waals surface area contributed by atoms with E-state index in [0.717, 1.165) is 18.5 Å². The van der Waals surface area contributed by atoms with Gasteiger partial charge >= 0.3 is 0 Å². The van der Waals surface area contributed by atoms with Crippen LogP contribution < -0.4 is 5.32 Å². The smallest absolute Gasteiger partial charge is 0.123 e. The van der Waals surface area contributed by atoms with Crippen molar-refractivity contribution in [2.24, 2.45) is 0 Å². The molecule has 0 bridgehead atoms. The summed E-state index contributed by atoms with van der Waals surface area (Å²) in [6, 6.07) is 5.32. The predicted octanol–water partition coefficient (Wildman–Crippen LogP) is 3.90. The molecule has 1 aliphatic carbocycles. The van der Waals surface area contributed by atoms with Crippen LogP contribution in [-0.4, -0.2) is 12.6 Å². The Kier molecular flexibility index (Phi) is 3.74. The average Bonchev–Trinajstić information content (AvgIpc) is 3.05. The minimum Gasteiger partial charge on any atom is -0.314 e. The van der Waals surface area contributed by atoms with Crippen molar-refractivity contribution in [2.45, 2.75) is 44.6 Å². The summed E-state index contributed by atoms with van der Waals surface area (Å²) in [4.78, 5) is 0. The Morgan fingerprint density at radius 3 is 2.76 bits per heavy atom. The topological polar surface area (TPSA) is 12.0 Å². The van der Waals surface area contributed by atoms with E-state index < -0.39 is 0 Å². The molecule has 17 heavy (non-hydrogen) atoms. The van der Waals surface area contributed by atoms with Gasteiger partial charge in [-0.15, -0.1) is 0 Å². The van der Waals surface area contributed by atoms with E-state index in [1.165, 1.54) is 18.9 Å². The normalized spacial score (nSPS) is 16.2. The van der Waals surface area contributed by atoms with Gasteiger partial charge in [-0.1, -0.05) is 25.4 Å². The largest absolute Gasteiger partial charge is 0.314 e. The summed E-state index contributed by atoms with van der Waals surface area (Å²) in [5, 5.41) is 4.14. The van der Waals surface area contributed by atoms with Crippen molar-refractivity contribution in [3.63, 3.8) is 0 Å². The van der Waals surface area contributed by atoms with E-state index in [2.05, 4.69) is 19.2 Å². The molecule has 0 radical (unpaired) electrons. The molecule has 0 amide bonds. The molecule has 1 N–H and O–H groups in total. The van der Waals surface area contributed by atoms with Crippen LogP contribution >= 0.6 is 11.6 Å². The van der Waals surface area contributed by atoms with E-state index >= 15 is 0 Å². The summed E-state index contributed by atoms with van der Waals surface area (Å²) in [5.41, 5.74) is 0.804. The Morgan fingerprint density at radius 1 is 1.41 bits per heavy atom. The van der Waals surface area contributed by atoms with Gasteiger partial charge < -0.3 is 5.32 Å². The lowest BCUT2D eigenvalue weighted by Gasteiger charge is -2.26. The van der Waals surface area contributed by atoms with Crippen molar-refractivity contribution in [1.82, 2.24) is 5.32 Å². The number of halogens is 2.